The molecule has 0 saturated carbocycles. The average molecular weight is 261 g/mol. The van der Waals surface area contributed by atoms with Gasteiger partial charge in [0.2, 0.25) is 0 Å². The molecule has 0 amide bonds. The van der Waals surface area contributed by atoms with E-state index in [1.807, 2.05) is 30.3 Å². The molecule has 1 aliphatic heterocycles. The van der Waals surface area contributed by atoms with Crippen LogP contribution in [0.1, 0.15) is 12.8 Å². The maximum absolute atomic E-state index is 12.2. The first-order valence-corrected chi connectivity index (χ1v) is 8.27. The van der Waals surface area contributed by atoms with E-state index in [0.717, 1.165) is 30.5 Å². The van der Waals surface area contributed by atoms with Crippen molar-refractivity contribution in [2.24, 2.45) is 0 Å². The van der Waals surface area contributed by atoms with E-state index in [1.54, 1.807) is 0 Å². The number of rotatable bonds is 1. The van der Waals surface area contributed by atoms with Crippen LogP contribution in [-0.2, 0) is 9.13 Å². The minimum absolute atomic E-state index is 0.928. The molecule has 1 saturated heterocycles. The van der Waals surface area contributed by atoms with Crippen LogP contribution >= 0.6 is 15.4 Å². The van der Waals surface area contributed by atoms with Crippen LogP contribution in [0, 0.1) is 0 Å². The van der Waals surface area contributed by atoms with Crippen molar-refractivity contribution >= 4 is 20.7 Å². The Morgan fingerprint density at radius 2 is 1.50 bits per heavy atom. The Balaban J connectivity index is 0.000000280. The summed E-state index contributed by atoms with van der Waals surface area (Å²) in [4.78, 5) is 14.2. The fourth-order valence-electron chi connectivity index (χ4n) is 1.80. The molecule has 0 bridgehead atoms. The normalized spacial score (nSPS) is 17.4. The largest absolute Gasteiger partial charge is 0.692 e. The third kappa shape index (κ3) is 4.15. The topological polar surface area (TPSA) is 74.6 Å². The van der Waals surface area contributed by atoms with E-state index < -0.39 is 15.4 Å². The van der Waals surface area contributed by atoms with Gasteiger partial charge in [-0.1, -0.05) is 30.3 Å². The molecular formula is C10H15O4P2+. The second-order valence-electron chi connectivity index (χ2n) is 3.63. The van der Waals surface area contributed by atoms with Crippen molar-refractivity contribution in [3.05, 3.63) is 30.3 Å². The van der Waals surface area contributed by atoms with Crippen molar-refractivity contribution in [3.63, 3.8) is 0 Å². The summed E-state index contributed by atoms with van der Waals surface area (Å²) in [6.07, 6.45) is 4.15. The fraction of sp³-hybridized carbons (Fsp3) is 0.400. The van der Waals surface area contributed by atoms with Gasteiger partial charge < -0.3 is 4.57 Å². The zero-order valence-corrected chi connectivity index (χ0v) is 10.6. The molecule has 1 heterocycles. The minimum Gasteiger partial charge on any atom is -0.319 e. The fourth-order valence-corrected chi connectivity index (χ4v) is 4.73. The molecule has 0 atom stereocenters. The van der Waals surface area contributed by atoms with Gasteiger partial charge in [0.05, 0.1) is 0 Å². The third-order valence-electron chi connectivity index (χ3n) is 2.52. The summed E-state index contributed by atoms with van der Waals surface area (Å²) >= 11 is 0. The Morgan fingerprint density at radius 1 is 1.06 bits per heavy atom. The monoisotopic (exact) mass is 261 g/mol. The number of hydrogen-bond acceptors (Lipinski definition) is 2. The summed E-state index contributed by atoms with van der Waals surface area (Å²) in [6.45, 7) is 0. The highest BCUT2D eigenvalue weighted by Crippen LogP contribution is 2.50. The zero-order chi connectivity index (χ0) is 12.0. The van der Waals surface area contributed by atoms with Crippen LogP contribution in [-0.4, -0.2) is 22.1 Å². The highest BCUT2D eigenvalue weighted by molar-refractivity contribution is 7.71. The van der Waals surface area contributed by atoms with Crippen molar-refractivity contribution in [2.45, 2.75) is 12.8 Å². The molecule has 6 heteroatoms. The second-order valence-corrected chi connectivity index (χ2v) is 7.33. The van der Waals surface area contributed by atoms with Gasteiger partial charge in [-0.3, -0.25) is 0 Å². The Kier molecular flexibility index (Phi) is 5.30. The zero-order valence-electron chi connectivity index (χ0n) is 8.82. The maximum atomic E-state index is 12.2. The van der Waals surface area contributed by atoms with Crippen molar-refractivity contribution in [2.75, 3.05) is 12.3 Å². The number of hydrogen-bond donors (Lipinski definition) is 2. The van der Waals surface area contributed by atoms with E-state index >= 15 is 0 Å². The molecule has 0 radical (unpaired) electrons. The van der Waals surface area contributed by atoms with Crippen LogP contribution in [0.3, 0.4) is 0 Å². The van der Waals surface area contributed by atoms with Gasteiger partial charge in [0.25, 0.3) is 0 Å². The Morgan fingerprint density at radius 3 is 1.94 bits per heavy atom. The lowest BCUT2D eigenvalue weighted by Crippen LogP contribution is -2.04. The third-order valence-corrected chi connectivity index (χ3v) is 5.83. The van der Waals surface area contributed by atoms with Crippen LogP contribution < -0.4 is 5.30 Å². The predicted octanol–water partition coefficient (Wildman–Crippen LogP) is 2.10. The smallest absolute Gasteiger partial charge is 0.319 e. The molecule has 1 aromatic carbocycles. The first-order chi connectivity index (χ1) is 7.54. The Bertz CT molecular complexity index is 377. The van der Waals surface area contributed by atoms with Crippen LogP contribution in [0.4, 0.5) is 0 Å². The van der Waals surface area contributed by atoms with E-state index in [1.165, 1.54) is 0 Å². The predicted molar refractivity (Wildman–Crippen MR) is 64.7 cm³/mol. The molecule has 0 unspecified atom stereocenters. The first kappa shape index (κ1) is 13.5. The SMILES string of the molecule is O=P1(c2ccccc2)CCCC1.O=[P+](O)O. The van der Waals surface area contributed by atoms with Crippen LogP contribution in [0.5, 0.6) is 0 Å². The van der Waals surface area contributed by atoms with Crippen LogP contribution in [0.15, 0.2) is 30.3 Å². The molecule has 0 aliphatic carbocycles. The first-order valence-electron chi connectivity index (χ1n) is 5.03. The standard InChI is InChI=1S/C10H13OP.HO3P/c11-12(8-4-5-9-12)10-6-2-1-3-7-10;1-4(2)3/h1-3,6-7H,4-5,8-9H2;(H-,1,2,3)/p+1. The van der Waals surface area contributed by atoms with Crippen molar-refractivity contribution in [3.8, 4) is 0 Å². The molecule has 0 spiro atoms. The molecule has 88 valence electrons. The Labute approximate surface area is 95.6 Å². The quantitative estimate of drug-likeness (QED) is 0.759. The summed E-state index contributed by atoms with van der Waals surface area (Å²) in [5.41, 5.74) is 0. The molecular weight excluding hydrogens is 246 g/mol. The molecule has 1 fully saturated rings. The van der Waals surface area contributed by atoms with Gasteiger partial charge in [-0.25, -0.2) is 0 Å². The molecule has 1 aromatic rings. The maximum Gasteiger partial charge on any atom is 0.692 e. The highest BCUT2D eigenvalue weighted by Gasteiger charge is 2.28. The second kappa shape index (κ2) is 6.27. The van der Waals surface area contributed by atoms with E-state index in [4.69, 9.17) is 14.4 Å². The summed E-state index contributed by atoms with van der Waals surface area (Å²) in [5.74, 6) is 0. The van der Waals surface area contributed by atoms with E-state index in [0.29, 0.717) is 0 Å². The van der Waals surface area contributed by atoms with Gasteiger partial charge in [0.15, 0.2) is 0 Å². The van der Waals surface area contributed by atoms with E-state index in [9.17, 15) is 4.57 Å². The van der Waals surface area contributed by atoms with Crippen LogP contribution in [0.25, 0.3) is 0 Å². The molecule has 1 aliphatic rings. The van der Waals surface area contributed by atoms with Gasteiger partial charge in [0, 0.05) is 22.2 Å². The van der Waals surface area contributed by atoms with Crippen molar-refractivity contribution in [1.82, 2.24) is 0 Å². The lowest BCUT2D eigenvalue weighted by molar-refractivity contribution is 0.405. The number of benzene rings is 1. The summed E-state index contributed by atoms with van der Waals surface area (Å²) < 4.78 is 20.9. The van der Waals surface area contributed by atoms with Gasteiger partial charge in [0.1, 0.15) is 7.14 Å². The van der Waals surface area contributed by atoms with E-state index in [-0.39, 0.29) is 0 Å². The highest BCUT2D eigenvalue weighted by atomic mass is 31.2. The molecule has 0 aromatic heterocycles. The molecule has 4 nitrogen and oxygen atoms in total. The lowest BCUT2D eigenvalue weighted by Gasteiger charge is -2.09. The Hall–Kier alpha value is -0.530. The molecule has 2 N–H and O–H groups in total. The molecule has 2 rings (SSSR count). The van der Waals surface area contributed by atoms with Gasteiger partial charge >= 0.3 is 8.25 Å². The van der Waals surface area contributed by atoms with Gasteiger partial charge in [-0.05, 0) is 12.8 Å². The average Bonchev–Trinajstić information content (AvgIpc) is 2.67. The summed E-state index contributed by atoms with van der Waals surface area (Å²) in [6, 6.07) is 9.95. The van der Waals surface area contributed by atoms with Gasteiger partial charge in [-0.2, -0.15) is 0 Å². The van der Waals surface area contributed by atoms with E-state index in [2.05, 4.69) is 0 Å². The van der Waals surface area contributed by atoms with Crippen molar-refractivity contribution in [1.29, 1.82) is 0 Å². The van der Waals surface area contributed by atoms with Gasteiger partial charge in [-0.15, -0.1) is 9.79 Å². The molecule has 16 heavy (non-hydrogen) atoms. The van der Waals surface area contributed by atoms with Crippen LogP contribution in [0.2, 0.25) is 0 Å². The minimum atomic E-state index is -2.87. The van der Waals surface area contributed by atoms with Crippen molar-refractivity contribution < 1.29 is 18.9 Å². The summed E-state index contributed by atoms with van der Waals surface area (Å²) in [7, 11) is -4.79. The summed E-state index contributed by atoms with van der Waals surface area (Å²) in [5, 5.41) is 1.09. The lowest BCUT2D eigenvalue weighted by atomic mass is 10.4.